The van der Waals surface area contributed by atoms with E-state index < -0.39 is 0 Å². The van der Waals surface area contributed by atoms with Crippen molar-refractivity contribution in [3.8, 4) is 0 Å². The van der Waals surface area contributed by atoms with Gasteiger partial charge < -0.3 is 15.7 Å². The fourth-order valence-corrected chi connectivity index (χ4v) is 2.06. The number of aliphatic hydroxyl groups is 1. The molecule has 13 heavy (non-hydrogen) atoms. The molecule has 0 atom stereocenters. The van der Waals surface area contributed by atoms with Gasteiger partial charge in [-0.15, -0.1) is 0 Å². The molecular formula is C8H15N3OS. The minimum absolute atomic E-state index is 0.158. The zero-order valence-corrected chi connectivity index (χ0v) is 8.77. The van der Waals surface area contributed by atoms with Crippen molar-refractivity contribution in [3.63, 3.8) is 0 Å². The maximum absolute atomic E-state index is 8.84. The van der Waals surface area contributed by atoms with Crippen molar-refractivity contribution >= 4 is 22.4 Å². The number of anilines is 2. The second-order valence-corrected chi connectivity index (χ2v) is 3.55. The maximum atomic E-state index is 8.84. The second kappa shape index (κ2) is 4.43. The van der Waals surface area contributed by atoms with Crippen LogP contribution in [0.4, 0.5) is 10.8 Å². The summed E-state index contributed by atoms with van der Waals surface area (Å²) in [5.41, 5.74) is 6.65. The smallest absolute Gasteiger partial charge is 0.142 e. The Labute approximate surface area is 82.2 Å². The maximum Gasteiger partial charge on any atom is 0.142 e. The van der Waals surface area contributed by atoms with Gasteiger partial charge in [-0.3, -0.25) is 0 Å². The van der Waals surface area contributed by atoms with Crippen molar-refractivity contribution in [3.05, 3.63) is 5.56 Å². The molecule has 74 valence electrons. The van der Waals surface area contributed by atoms with Gasteiger partial charge in [-0.1, -0.05) is 0 Å². The first-order valence-corrected chi connectivity index (χ1v) is 5.05. The highest BCUT2D eigenvalue weighted by Gasteiger charge is 2.12. The van der Waals surface area contributed by atoms with Gasteiger partial charge in [0.2, 0.25) is 0 Å². The predicted octanol–water partition coefficient (Wildman–Crippen LogP) is 0.852. The van der Waals surface area contributed by atoms with Crippen molar-refractivity contribution < 1.29 is 5.11 Å². The van der Waals surface area contributed by atoms with E-state index in [-0.39, 0.29) is 6.61 Å². The molecule has 0 aliphatic rings. The first-order chi connectivity index (χ1) is 6.20. The van der Waals surface area contributed by atoms with Crippen LogP contribution >= 0.6 is 11.5 Å². The monoisotopic (exact) mass is 201 g/mol. The summed E-state index contributed by atoms with van der Waals surface area (Å²) in [5, 5.41) is 9.90. The van der Waals surface area contributed by atoms with Crippen LogP contribution in [0.25, 0.3) is 0 Å². The van der Waals surface area contributed by atoms with Crippen LogP contribution in [0.1, 0.15) is 12.5 Å². The third kappa shape index (κ3) is 2.10. The van der Waals surface area contributed by atoms with Gasteiger partial charge in [0, 0.05) is 18.7 Å². The van der Waals surface area contributed by atoms with Crippen LogP contribution < -0.4 is 10.6 Å². The Balaban J connectivity index is 2.84. The van der Waals surface area contributed by atoms with E-state index >= 15 is 0 Å². The van der Waals surface area contributed by atoms with Gasteiger partial charge in [0.15, 0.2) is 0 Å². The summed E-state index contributed by atoms with van der Waals surface area (Å²) in [7, 11) is 0. The summed E-state index contributed by atoms with van der Waals surface area (Å²) in [6, 6.07) is 0. The number of nitrogens with zero attached hydrogens (tertiary/aromatic N) is 2. The Morgan fingerprint density at radius 2 is 2.31 bits per heavy atom. The zero-order valence-electron chi connectivity index (χ0n) is 7.95. The average Bonchev–Trinajstić information content (AvgIpc) is 2.45. The average molecular weight is 201 g/mol. The van der Waals surface area contributed by atoms with E-state index in [0.29, 0.717) is 12.4 Å². The molecule has 0 aromatic carbocycles. The fraction of sp³-hybridized carbons (Fsp3) is 0.625. The Hall–Kier alpha value is -0.810. The van der Waals surface area contributed by atoms with E-state index in [0.717, 1.165) is 17.1 Å². The van der Waals surface area contributed by atoms with Crippen LogP contribution in [0, 0.1) is 6.92 Å². The lowest BCUT2D eigenvalue weighted by Crippen LogP contribution is -2.25. The molecule has 5 heteroatoms. The molecule has 4 nitrogen and oxygen atoms in total. The van der Waals surface area contributed by atoms with Crippen LogP contribution in [-0.4, -0.2) is 29.2 Å². The van der Waals surface area contributed by atoms with Crippen molar-refractivity contribution in [2.24, 2.45) is 0 Å². The molecule has 0 radical (unpaired) electrons. The first kappa shape index (κ1) is 10.3. The Bertz CT molecular complexity index is 274. The van der Waals surface area contributed by atoms with Gasteiger partial charge in [0.25, 0.3) is 0 Å². The number of likely N-dealkylation sites (N-methyl/N-ethyl adjacent to an activating group) is 1. The summed E-state index contributed by atoms with van der Waals surface area (Å²) >= 11 is 1.39. The molecule has 1 heterocycles. The molecule has 0 aliphatic heterocycles. The van der Waals surface area contributed by atoms with Crippen molar-refractivity contribution in [1.29, 1.82) is 0 Å². The van der Waals surface area contributed by atoms with Gasteiger partial charge in [0.05, 0.1) is 6.61 Å². The van der Waals surface area contributed by atoms with E-state index in [1.807, 2.05) is 13.8 Å². The van der Waals surface area contributed by atoms with Gasteiger partial charge in [-0.25, -0.2) is 0 Å². The van der Waals surface area contributed by atoms with Gasteiger partial charge in [-0.05, 0) is 25.4 Å². The van der Waals surface area contributed by atoms with E-state index in [9.17, 15) is 0 Å². The molecule has 0 amide bonds. The van der Waals surface area contributed by atoms with Gasteiger partial charge in [-0.2, -0.15) is 4.37 Å². The van der Waals surface area contributed by atoms with E-state index in [1.165, 1.54) is 11.5 Å². The lowest BCUT2D eigenvalue weighted by molar-refractivity contribution is 0.302. The zero-order chi connectivity index (χ0) is 9.84. The molecule has 0 fully saturated rings. The Morgan fingerprint density at radius 1 is 1.62 bits per heavy atom. The standard InChI is InChI=1S/C8H15N3OS/c1-3-11(4-5-12)8-6(2)7(9)10-13-8/h12H,3-5H2,1-2H3,(H2,9,10). The van der Waals surface area contributed by atoms with Crippen molar-refractivity contribution in [1.82, 2.24) is 4.37 Å². The summed E-state index contributed by atoms with van der Waals surface area (Å²) in [4.78, 5) is 2.07. The third-order valence-electron chi connectivity index (χ3n) is 1.97. The number of rotatable bonds is 4. The molecule has 0 bridgehead atoms. The molecule has 3 N–H and O–H groups in total. The highest BCUT2D eigenvalue weighted by Crippen LogP contribution is 2.28. The second-order valence-electron chi connectivity index (χ2n) is 2.80. The normalized spacial score (nSPS) is 10.4. The number of nitrogen functional groups attached to an aromatic ring is 1. The molecular weight excluding hydrogens is 186 g/mol. The quantitative estimate of drug-likeness (QED) is 0.758. The van der Waals surface area contributed by atoms with Crippen LogP contribution in [0.5, 0.6) is 0 Å². The summed E-state index contributed by atoms with van der Waals surface area (Å²) in [6.07, 6.45) is 0. The number of aromatic nitrogens is 1. The van der Waals surface area contributed by atoms with Crippen molar-refractivity contribution in [2.75, 3.05) is 30.3 Å². The molecule has 1 rings (SSSR count). The summed E-state index contributed by atoms with van der Waals surface area (Å²) < 4.78 is 4.06. The lowest BCUT2D eigenvalue weighted by Gasteiger charge is -2.19. The van der Waals surface area contributed by atoms with Gasteiger partial charge >= 0.3 is 0 Å². The number of aliphatic hydroxyl groups excluding tert-OH is 1. The third-order valence-corrected chi connectivity index (χ3v) is 3.00. The van der Waals surface area contributed by atoms with E-state index in [1.54, 1.807) is 0 Å². The SMILES string of the molecule is CCN(CCO)c1snc(N)c1C. The molecule has 0 unspecified atom stereocenters. The minimum atomic E-state index is 0.158. The number of hydrogen-bond donors (Lipinski definition) is 2. The van der Waals surface area contributed by atoms with Crippen LogP contribution in [0.2, 0.25) is 0 Å². The largest absolute Gasteiger partial charge is 0.395 e. The molecule has 0 saturated heterocycles. The number of hydrogen-bond acceptors (Lipinski definition) is 5. The molecule has 1 aromatic rings. The molecule has 0 saturated carbocycles. The lowest BCUT2D eigenvalue weighted by atomic mass is 10.3. The minimum Gasteiger partial charge on any atom is -0.395 e. The van der Waals surface area contributed by atoms with Crippen molar-refractivity contribution in [2.45, 2.75) is 13.8 Å². The van der Waals surface area contributed by atoms with E-state index in [4.69, 9.17) is 10.8 Å². The highest BCUT2D eigenvalue weighted by molar-refractivity contribution is 7.10. The Kier molecular flexibility index (Phi) is 3.50. The summed E-state index contributed by atoms with van der Waals surface area (Å²) in [5.74, 6) is 0.594. The van der Waals surface area contributed by atoms with Crippen LogP contribution in [0.3, 0.4) is 0 Å². The first-order valence-electron chi connectivity index (χ1n) is 4.28. The topological polar surface area (TPSA) is 62.4 Å². The molecule has 0 aliphatic carbocycles. The highest BCUT2D eigenvalue weighted by atomic mass is 32.1. The Morgan fingerprint density at radius 3 is 2.69 bits per heavy atom. The number of nitrogens with two attached hydrogens (primary N) is 1. The molecule has 0 spiro atoms. The van der Waals surface area contributed by atoms with E-state index in [2.05, 4.69) is 9.27 Å². The van der Waals surface area contributed by atoms with Crippen LogP contribution in [0.15, 0.2) is 0 Å². The fourth-order valence-electron chi connectivity index (χ4n) is 1.16. The summed E-state index contributed by atoms with van der Waals surface area (Å²) in [6.45, 7) is 5.66. The van der Waals surface area contributed by atoms with Crippen LogP contribution in [-0.2, 0) is 0 Å². The van der Waals surface area contributed by atoms with Gasteiger partial charge in [0.1, 0.15) is 10.8 Å². The predicted molar refractivity (Wildman–Crippen MR) is 56.2 cm³/mol. The molecule has 1 aromatic heterocycles.